The fraction of sp³-hybridized carbons (Fsp3) is 0.692. The van der Waals surface area contributed by atoms with Gasteiger partial charge >= 0.3 is 0 Å². The molecule has 2 N–H and O–H groups in total. The Bertz CT molecular complexity index is 379. The quantitative estimate of drug-likeness (QED) is 0.800. The molecular formula is C13H23N5O. The maximum Gasteiger partial charge on any atom is 0.228 e. The summed E-state index contributed by atoms with van der Waals surface area (Å²) in [6.07, 6.45) is 2.75. The Kier molecular flexibility index (Phi) is 5.35. The first-order valence-electron chi connectivity index (χ1n) is 6.96. The number of ether oxygens (including phenoxy) is 1. The first kappa shape index (κ1) is 14.0. The molecule has 2 heterocycles. The highest BCUT2D eigenvalue weighted by Crippen LogP contribution is 2.14. The molecule has 6 nitrogen and oxygen atoms in total. The zero-order valence-electron chi connectivity index (χ0n) is 11.6. The fourth-order valence-corrected chi connectivity index (χ4v) is 2.13. The molecule has 6 heteroatoms. The van der Waals surface area contributed by atoms with Crippen molar-refractivity contribution in [1.29, 1.82) is 0 Å². The number of aromatic nitrogens is 2. The highest BCUT2D eigenvalue weighted by Gasteiger charge is 2.18. The number of hydrogen-bond acceptors (Lipinski definition) is 6. The molecule has 0 atom stereocenters. The summed E-state index contributed by atoms with van der Waals surface area (Å²) in [7, 11) is 0. The normalized spacial score (nSPS) is 16.6. The summed E-state index contributed by atoms with van der Waals surface area (Å²) in [5.74, 6) is 1.43. The monoisotopic (exact) mass is 265 g/mol. The maximum atomic E-state index is 5.57. The summed E-state index contributed by atoms with van der Waals surface area (Å²) < 4.78 is 5.54. The van der Waals surface area contributed by atoms with E-state index in [-0.39, 0.29) is 0 Å². The zero-order chi connectivity index (χ0) is 13.5. The SMILES string of the molecule is CCCOc1ccnc(N2CCN(CCN)CC2)n1. The minimum absolute atomic E-state index is 0.663. The van der Waals surface area contributed by atoms with Crippen LogP contribution in [-0.2, 0) is 0 Å². The molecule has 0 saturated carbocycles. The molecule has 0 aromatic carbocycles. The van der Waals surface area contributed by atoms with Crippen LogP contribution >= 0.6 is 0 Å². The molecule has 106 valence electrons. The number of nitrogens with two attached hydrogens (primary N) is 1. The zero-order valence-corrected chi connectivity index (χ0v) is 11.6. The van der Waals surface area contributed by atoms with Gasteiger partial charge in [-0.2, -0.15) is 4.98 Å². The Morgan fingerprint density at radius 2 is 2.11 bits per heavy atom. The van der Waals surface area contributed by atoms with Crippen LogP contribution in [-0.4, -0.2) is 60.7 Å². The van der Waals surface area contributed by atoms with Gasteiger partial charge < -0.3 is 15.4 Å². The molecule has 1 fully saturated rings. The van der Waals surface area contributed by atoms with Crippen molar-refractivity contribution < 1.29 is 4.74 Å². The molecular weight excluding hydrogens is 242 g/mol. The van der Waals surface area contributed by atoms with Crippen LogP contribution in [0.1, 0.15) is 13.3 Å². The van der Waals surface area contributed by atoms with E-state index < -0.39 is 0 Å². The van der Waals surface area contributed by atoms with Crippen LogP contribution in [0, 0.1) is 0 Å². The third kappa shape index (κ3) is 4.04. The number of piperazine rings is 1. The van der Waals surface area contributed by atoms with Gasteiger partial charge in [0.15, 0.2) is 0 Å². The lowest BCUT2D eigenvalue weighted by atomic mass is 10.3. The van der Waals surface area contributed by atoms with Crippen LogP contribution in [0.15, 0.2) is 12.3 Å². The van der Waals surface area contributed by atoms with Crippen LogP contribution in [0.5, 0.6) is 5.88 Å². The highest BCUT2D eigenvalue weighted by molar-refractivity contribution is 5.32. The van der Waals surface area contributed by atoms with E-state index in [0.29, 0.717) is 12.5 Å². The van der Waals surface area contributed by atoms with Gasteiger partial charge in [0.25, 0.3) is 0 Å². The highest BCUT2D eigenvalue weighted by atomic mass is 16.5. The molecule has 1 aliphatic rings. The van der Waals surface area contributed by atoms with Crippen LogP contribution in [0.4, 0.5) is 5.95 Å². The molecule has 0 radical (unpaired) electrons. The minimum atomic E-state index is 0.663. The third-order valence-corrected chi connectivity index (χ3v) is 3.17. The molecule has 0 bridgehead atoms. The molecule has 2 rings (SSSR count). The van der Waals surface area contributed by atoms with Crippen LogP contribution in [0.25, 0.3) is 0 Å². The van der Waals surface area contributed by atoms with E-state index in [1.807, 2.05) is 6.07 Å². The fourth-order valence-electron chi connectivity index (χ4n) is 2.13. The summed E-state index contributed by atoms with van der Waals surface area (Å²) in [5.41, 5.74) is 5.57. The van der Waals surface area contributed by atoms with Gasteiger partial charge in [0.2, 0.25) is 11.8 Å². The Balaban J connectivity index is 1.91. The lowest BCUT2D eigenvalue weighted by Gasteiger charge is -2.34. The van der Waals surface area contributed by atoms with E-state index in [2.05, 4.69) is 26.7 Å². The van der Waals surface area contributed by atoms with Crippen molar-refractivity contribution in [3.05, 3.63) is 12.3 Å². The van der Waals surface area contributed by atoms with E-state index in [9.17, 15) is 0 Å². The average molecular weight is 265 g/mol. The second kappa shape index (κ2) is 7.25. The van der Waals surface area contributed by atoms with Crippen LogP contribution < -0.4 is 15.4 Å². The van der Waals surface area contributed by atoms with Crippen molar-refractivity contribution in [3.63, 3.8) is 0 Å². The number of rotatable bonds is 6. The van der Waals surface area contributed by atoms with E-state index in [0.717, 1.165) is 51.6 Å². The number of hydrogen-bond donors (Lipinski definition) is 1. The van der Waals surface area contributed by atoms with Gasteiger partial charge in [0.1, 0.15) is 0 Å². The topological polar surface area (TPSA) is 67.5 Å². The van der Waals surface area contributed by atoms with Crippen LogP contribution in [0.2, 0.25) is 0 Å². The van der Waals surface area contributed by atoms with Gasteiger partial charge in [0, 0.05) is 51.5 Å². The van der Waals surface area contributed by atoms with Crippen molar-refractivity contribution in [1.82, 2.24) is 14.9 Å². The summed E-state index contributed by atoms with van der Waals surface area (Å²) in [4.78, 5) is 13.4. The number of anilines is 1. The van der Waals surface area contributed by atoms with E-state index in [1.165, 1.54) is 0 Å². The first-order valence-corrected chi connectivity index (χ1v) is 6.96. The van der Waals surface area contributed by atoms with Gasteiger partial charge in [0.05, 0.1) is 6.61 Å². The number of nitrogens with zero attached hydrogens (tertiary/aromatic N) is 4. The van der Waals surface area contributed by atoms with Crippen molar-refractivity contribution >= 4 is 5.95 Å². The molecule has 1 aromatic heterocycles. The first-order chi connectivity index (χ1) is 9.33. The van der Waals surface area contributed by atoms with Crippen molar-refractivity contribution in [2.45, 2.75) is 13.3 Å². The Hall–Kier alpha value is -1.40. The van der Waals surface area contributed by atoms with Gasteiger partial charge in [-0.15, -0.1) is 0 Å². The van der Waals surface area contributed by atoms with Gasteiger partial charge in [-0.05, 0) is 6.42 Å². The summed E-state index contributed by atoms with van der Waals surface area (Å²) in [5, 5.41) is 0. The largest absolute Gasteiger partial charge is 0.478 e. The van der Waals surface area contributed by atoms with Gasteiger partial charge in [-0.1, -0.05) is 6.92 Å². The summed E-state index contributed by atoms with van der Waals surface area (Å²) >= 11 is 0. The Morgan fingerprint density at radius 3 is 2.79 bits per heavy atom. The smallest absolute Gasteiger partial charge is 0.228 e. The maximum absolute atomic E-state index is 5.57. The molecule has 1 aromatic rings. The van der Waals surface area contributed by atoms with Crippen molar-refractivity contribution in [2.75, 3.05) is 50.8 Å². The van der Waals surface area contributed by atoms with E-state index in [1.54, 1.807) is 6.20 Å². The van der Waals surface area contributed by atoms with Gasteiger partial charge in [-0.25, -0.2) is 4.98 Å². The predicted molar refractivity (Wildman–Crippen MR) is 75.5 cm³/mol. The molecule has 1 aliphatic heterocycles. The second-order valence-corrected chi connectivity index (χ2v) is 4.66. The molecule has 0 aliphatic carbocycles. The predicted octanol–water partition coefficient (Wildman–Crippen LogP) is 0.346. The minimum Gasteiger partial charge on any atom is -0.478 e. The van der Waals surface area contributed by atoms with E-state index >= 15 is 0 Å². The lowest BCUT2D eigenvalue weighted by molar-refractivity contribution is 0.262. The molecule has 1 saturated heterocycles. The Labute approximate surface area is 114 Å². The third-order valence-electron chi connectivity index (χ3n) is 3.17. The Morgan fingerprint density at radius 1 is 1.32 bits per heavy atom. The summed E-state index contributed by atoms with van der Waals surface area (Å²) in [6, 6.07) is 1.81. The lowest BCUT2D eigenvalue weighted by Crippen LogP contribution is -2.48. The van der Waals surface area contributed by atoms with Crippen LogP contribution in [0.3, 0.4) is 0 Å². The second-order valence-electron chi connectivity index (χ2n) is 4.66. The molecule has 19 heavy (non-hydrogen) atoms. The standard InChI is InChI=1S/C13H23N5O/c1-2-11-19-12-3-5-15-13(16-12)18-9-7-17(6-4-14)8-10-18/h3,5H,2,4,6-11,14H2,1H3. The molecule has 0 amide bonds. The van der Waals surface area contributed by atoms with Crippen molar-refractivity contribution in [2.24, 2.45) is 5.73 Å². The van der Waals surface area contributed by atoms with Gasteiger partial charge in [-0.3, -0.25) is 4.90 Å². The molecule has 0 spiro atoms. The molecule has 0 unspecified atom stereocenters. The average Bonchev–Trinajstić information content (AvgIpc) is 2.46. The summed E-state index contributed by atoms with van der Waals surface area (Å²) in [6.45, 7) is 8.38. The van der Waals surface area contributed by atoms with E-state index in [4.69, 9.17) is 10.5 Å². The van der Waals surface area contributed by atoms with Crippen molar-refractivity contribution in [3.8, 4) is 5.88 Å².